The van der Waals surface area contributed by atoms with Gasteiger partial charge in [0.15, 0.2) is 5.69 Å². The van der Waals surface area contributed by atoms with Crippen LogP contribution >= 0.6 is 0 Å². The van der Waals surface area contributed by atoms with Gasteiger partial charge in [0.05, 0.1) is 0 Å². The number of carbonyl (C=O) groups is 1. The van der Waals surface area contributed by atoms with E-state index in [0.29, 0.717) is 24.0 Å². The molecule has 1 aromatic carbocycles. The monoisotopic (exact) mass is 363 g/mol. The third-order valence-electron chi connectivity index (χ3n) is 5.53. The summed E-state index contributed by atoms with van der Waals surface area (Å²) < 4.78 is 5.53. The Morgan fingerprint density at radius 3 is 2.89 bits per heavy atom. The number of nitrogens with zero attached hydrogens (tertiary/aromatic N) is 4. The normalized spacial score (nSPS) is 19.3. The summed E-state index contributed by atoms with van der Waals surface area (Å²) in [5.41, 5.74) is 3.68. The lowest BCUT2D eigenvalue weighted by Gasteiger charge is -2.22. The first kappa shape index (κ1) is 16.2. The van der Waals surface area contributed by atoms with Crippen molar-refractivity contribution >= 4 is 5.91 Å². The van der Waals surface area contributed by atoms with Crippen LogP contribution in [0.4, 0.5) is 0 Å². The predicted molar refractivity (Wildman–Crippen MR) is 98.0 cm³/mol. The third kappa shape index (κ3) is 2.83. The van der Waals surface area contributed by atoms with Gasteiger partial charge >= 0.3 is 0 Å². The fourth-order valence-corrected chi connectivity index (χ4v) is 4.14. The number of benzene rings is 1. The van der Waals surface area contributed by atoms with Crippen molar-refractivity contribution in [3.8, 4) is 11.4 Å². The molecule has 27 heavy (non-hydrogen) atoms. The van der Waals surface area contributed by atoms with E-state index in [1.165, 1.54) is 0 Å². The number of rotatable bonds is 3. The minimum atomic E-state index is -0.182. The Bertz CT molecular complexity index is 962. The van der Waals surface area contributed by atoms with Crippen LogP contribution in [0, 0.1) is 0 Å². The topological polar surface area (TPSA) is 87.9 Å². The predicted octanol–water partition coefficient (Wildman–Crippen LogP) is 3.32. The second-order valence-electron chi connectivity index (χ2n) is 7.22. The Balaban J connectivity index is 1.42. The van der Waals surface area contributed by atoms with Crippen LogP contribution in [-0.4, -0.2) is 37.7 Å². The highest BCUT2D eigenvalue weighted by atomic mass is 16.5. The average Bonchev–Trinajstić information content (AvgIpc) is 3.46. The molecule has 0 unspecified atom stereocenters. The number of amides is 1. The van der Waals surface area contributed by atoms with Gasteiger partial charge in [0.25, 0.3) is 5.91 Å². The van der Waals surface area contributed by atoms with Gasteiger partial charge in [0.1, 0.15) is 6.04 Å². The minimum absolute atomic E-state index is 0.0311. The van der Waals surface area contributed by atoms with E-state index in [9.17, 15) is 4.79 Å². The van der Waals surface area contributed by atoms with Crippen LogP contribution in [-0.2, 0) is 12.8 Å². The highest BCUT2D eigenvalue weighted by molar-refractivity contribution is 5.94. The van der Waals surface area contributed by atoms with Crippen molar-refractivity contribution in [1.82, 2.24) is 25.2 Å². The largest absolute Gasteiger partial charge is 0.337 e. The second-order valence-corrected chi connectivity index (χ2v) is 7.22. The lowest BCUT2D eigenvalue weighted by Crippen LogP contribution is -2.31. The minimum Gasteiger partial charge on any atom is -0.337 e. The van der Waals surface area contributed by atoms with Gasteiger partial charge in [0.2, 0.25) is 11.7 Å². The Labute approximate surface area is 156 Å². The van der Waals surface area contributed by atoms with Crippen molar-refractivity contribution < 1.29 is 9.32 Å². The molecule has 1 amide bonds. The van der Waals surface area contributed by atoms with Crippen molar-refractivity contribution in [2.24, 2.45) is 0 Å². The molecule has 3 heterocycles. The van der Waals surface area contributed by atoms with Crippen molar-refractivity contribution in [3.05, 3.63) is 53.2 Å². The van der Waals surface area contributed by atoms with E-state index in [-0.39, 0.29) is 11.9 Å². The van der Waals surface area contributed by atoms with Gasteiger partial charge in [-0.3, -0.25) is 9.89 Å². The van der Waals surface area contributed by atoms with Gasteiger partial charge in [-0.25, -0.2) is 0 Å². The molecule has 1 aliphatic heterocycles. The van der Waals surface area contributed by atoms with Crippen LogP contribution in [0.15, 0.2) is 34.9 Å². The molecule has 0 radical (unpaired) electrons. The van der Waals surface area contributed by atoms with E-state index >= 15 is 0 Å². The number of aromatic nitrogens is 4. The summed E-state index contributed by atoms with van der Waals surface area (Å²) in [5.74, 6) is 1.03. The number of fused-ring (bicyclic) bond motifs is 1. The number of hydrogen-bond donors (Lipinski definition) is 1. The summed E-state index contributed by atoms with van der Waals surface area (Å²) in [6, 6.07) is 9.55. The van der Waals surface area contributed by atoms with Crippen molar-refractivity contribution in [1.29, 1.82) is 0 Å². The number of aryl methyl sites for hydroxylation is 1. The van der Waals surface area contributed by atoms with Gasteiger partial charge in [-0.1, -0.05) is 35.5 Å². The van der Waals surface area contributed by atoms with Crippen molar-refractivity contribution in [2.75, 3.05) is 6.54 Å². The zero-order valence-electron chi connectivity index (χ0n) is 15.0. The van der Waals surface area contributed by atoms with E-state index in [1.807, 2.05) is 35.2 Å². The van der Waals surface area contributed by atoms with Crippen LogP contribution in [0.5, 0.6) is 0 Å². The smallest absolute Gasteiger partial charge is 0.275 e. The zero-order chi connectivity index (χ0) is 18.2. The molecular weight excluding hydrogens is 342 g/mol. The molecular formula is C20H21N5O2. The lowest BCUT2D eigenvalue weighted by molar-refractivity contribution is 0.0703. The highest BCUT2D eigenvalue weighted by Gasteiger charge is 2.37. The van der Waals surface area contributed by atoms with Crippen LogP contribution in [0.1, 0.15) is 59.4 Å². The molecule has 2 aromatic heterocycles. The van der Waals surface area contributed by atoms with E-state index < -0.39 is 0 Å². The SMILES string of the molecule is O=C(c1n[nH]c2c1CCCC2)N1CCC[C@H]1c1nc(-c2ccccc2)no1. The molecule has 3 aromatic rings. The number of likely N-dealkylation sites (tertiary alicyclic amines) is 1. The number of aromatic amines is 1. The molecule has 1 aliphatic carbocycles. The molecule has 1 N–H and O–H groups in total. The number of carbonyl (C=O) groups excluding carboxylic acids is 1. The maximum atomic E-state index is 13.2. The second kappa shape index (κ2) is 6.64. The molecule has 5 rings (SSSR count). The first-order chi connectivity index (χ1) is 13.3. The fraction of sp³-hybridized carbons (Fsp3) is 0.400. The lowest BCUT2D eigenvalue weighted by atomic mass is 9.95. The van der Waals surface area contributed by atoms with Crippen LogP contribution < -0.4 is 0 Å². The molecule has 138 valence electrons. The van der Waals surface area contributed by atoms with Crippen LogP contribution in [0.2, 0.25) is 0 Å². The summed E-state index contributed by atoms with van der Waals surface area (Å²) >= 11 is 0. The first-order valence-corrected chi connectivity index (χ1v) is 9.57. The number of H-pyrrole nitrogens is 1. The van der Waals surface area contributed by atoms with Gasteiger partial charge in [-0.15, -0.1) is 0 Å². The highest BCUT2D eigenvalue weighted by Crippen LogP contribution is 2.34. The van der Waals surface area contributed by atoms with E-state index in [4.69, 9.17) is 4.52 Å². The van der Waals surface area contributed by atoms with Crippen molar-refractivity contribution in [3.63, 3.8) is 0 Å². The molecule has 1 fully saturated rings. The first-order valence-electron chi connectivity index (χ1n) is 9.57. The Kier molecular flexibility index (Phi) is 3.99. The molecule has 1 atom stereocenters. The van der Waals surface area contributed by atoms with E-state index in [1.54, 1.807) is 0 Å². The van der Waals surface area contributed by atoms with Crippen LogP contribution in [0.25, 0.3) is 11.4 Å². The molecule has 0 bridgehead atoms. The number of nitrogens with one attached hydrogen (secondary N) is 1. The van der Waals surface area contributed by atoms with Gasteiger partial charge in [-0.2, -0.15) is 10.1 Å². The molecule has 7 nitrogen and oxygen atoms in total. The Morgan fingerprint density at radius 1 is 1.15 bits per heavy atom. The zero-order valence-corrected chi connectivity index (χ0v) is 15.0. The maximum absolute atomic E-state index is 13.2. The fourth-order valence-electron chi connectivity index (χ4n) is 4.14. The molecule has 0 saturated carbocycles. The maximum Gasteiger partial charge on any atom is 0.275 e. The third-order valence-corrected chi connectivity index (χ3v) is 5.53. The Hall–Kier alpha value is -2.96. The van der Waals surface area contributed by atoms with Crippen molar-refractivity contribution in [2.45, 2.75) is 44.6 Å². The Morgan fingerprint density at radius 2 is 2.00 bits per heavy atom. The standard InChI is InChI=1S/C20H21N5O2/c26-20(17-14-9-4-5-10-15(14)22-23-17)25-12-6-11-16(25)19-21-18(24-27-19)13-7-2-1-3-8-13/h1-3,7-8,16H,4-6,9-12H2,(H,22,23)/t16-/m0/s1. The molecule has 0 spiro atoms. The summed E-state index contributed by atoms with van der Waals surface area (Å²) in [6.45, 7) is 0.689. The summed E-state index contributed by atoms with van der Waals surface area (Å²) in [6.07, 6.45) is 5.91. The van der Waals surface area contributed by atoms with Gasteiger partial charge < -0.3 is 9.42 Å². The number of hydrogen-bond acceptors (Lipinski definition) is 5. The van der Waals surface area contributed by atoms with Crippen LogP contribution in [0.3, 0.4) is 0 Å². The van der Waals surface area contributed by atoms with E-state index in [0.717, 1.165) is 55.3 Å². The van der Waals surface area contributed by atoms with Gasteiger partial charge in [0, 0.05) is 23.4 Å². The van der Waals surface area contributed by atoms with E-state index in [2.05, 4.69) is 20.3 Å². The average molecular weight is 363 g/mol. The summed E-state index contributed by atoms with van der Waals surface area (Å²) in [4.78, 5) is 19.6. The summed E-state index contributed by atoms with van der Waals surface area (Å²) in [7, 11) is 0. The quantitative estimate of drug-likeness (QED) is 0.771. The molecule has 7 heteroatoms. The van der Waals surface area contributed by atoms with Gasteiger partial charge in [-0.05, 0) is 38.5 Å². The molecule has 1 saturated heterocycles. The summed E-state index contributed by atoms with van der Waals surface area (Å²) in [5, 5.41) is 11.5. The molecule has 2 aliphatic rings.